The number of halogens is 1. The minimum atomic E-state index is -0.367. The van der Waals surface area contributed by atoms with Crippen LogP contribution in [0.3, 0.4) is 0 Å². The largest absolute Gasteiger partial charge is 0.471 e. The van der Waals surface area contributed by atoms with Gasteiger partial charge in [0.15, 0.2) is 18.2 Å². The van der Waals surface area contributed by atoms with E-state index in [0.717, 1.165) is 5.69 Å². The fourth-order valence-electron chi connectivity index (χ4n) is 2.25. The predicted molar refractivity (Wildman–Crippen MR) is 93.2 cm³/mol. The van der Waals surface area contributed by atoms with Crippen LogP contribution >= 0.6 is 0 Å². The SMILES string of the molecule is CN(C)Cc1cc(NC(=O)c2ccn(COc3ccc(F)cc3)n2)n[nH]1. The summed E-state index contributed by atoms with van der Waals surface area (Å²) >= 11 is 0. The lowest BCUT2D eigenvalue weighted by molar-refractivity contribution is 0.102. The fourth-order valence-corrected chi connectivity index (χ4v) is 2.25. The topological polar surface area (TPSA) is 88.1 Å². The van der Waals surface area contributed by atoms with Crippen LogP contribution in [0.25, 0.3) is 0 Å². The zero-order valence-electron chi connectivity index (χ0n) is 14.4. The van der Waals surface area contributed by atoms with Gasteiger partial charge in [0.1, 0.15) is 11.6 Å². The van der Waals surface area contributed by atoms with Gasteiger partial charge in [-0.3, -0.25) is 9.89 Å². The van der Waals surface area contributed by atoms with Crippen molar-refractivity contribution in [3.8, 4) is 5.75 Å². The Labute approximate surface area is 149 Å². The van der Waals surface area contributed by atoms with E-state index in [1.807, 2.05) is 19.0 Å². The molecule has 8 nitrogen and oxygen atoms in total. The summed E-state index contributed by atoms with van der Waals surface area (Å²) in [5.74, 6) is 0.248. The molecular formula is C17H19FN6O2. The van der Waals surface area contributed by atoms with E-state index in [0.29, 0.717) is 18.1 Å². The molecule has 2 N–H and O–H groups in total. The van der Waals surface area contributed by atoms with Crippen LogP contribution in [-0.4, -0.2) is 44.9 Å². The summed E-state index contributed by atoms with van der Waals surface area (Å²) in [5, 5.41) is 13.8. The number of hydrogen-bond donors (Lipinski definition) is 2. The Morgan fingerprint density at radius 1 is 1.31 bits per heavy atom. The normalized spacial score (nSPS) is 10.9. The number of ether oxygens (including phenoxy) is 1. The van der Waals surface area contributed by atoms with Gasteiger partial charge in [0.2, 0.25) is 0 Å². The Hall–Kier alpha value is -3.20. The van der Waals surface area contributed by atoms with Gasteiger partial charge in [0, 0.05) is 18.8 Å². The molecule has 136 valence electrons. The third-order valence-electron chi connectivity index (χ3n) is 3.41. The number of anilines is 1. The lowest BCUT2D eigenvalue weighted by Gasteiger charge is -2.06. The number of amides is 1. The maximum atomic E-state index is 12.9. The van der Waals surface area contributed by atoms with Gasteiger partial charge in [-0.15, -0.1) is 0 Å². The van der Waals surface area contributed by atoms with Crippen LogP contribution in [-0.2, 0) is 13.3 Å². The number of rotatable bonds is 7. The molecule has 0 saturated heterocycles. The standard InChI is InChI=1S/C17H19FN6O2/c1-23(2)10-13-9-16(21-20-13)19-17(25)15-7-8-24(22-15)11-26-14-5-3-12(18)4-6-14/h3-9H,10-11H2,1-2H3,(H2,19,20,21,25). The zero-order valence-corrected chi connectivity index (χ0v) is 14.4. The van der Waals surface area contributed by atoms with Crippen molar-refractivity contribution in [1.29, 1.82) is 0 Å². The number of nitrogens with one attached hydrogen (secondary N) is 2. The first-order valence-electron chi connectivity index (χ1n) is 7.92. The van der Waals surface area contributed by atoms with Crippen molar-refractivity contribution < 1.29 is 13.9 Å². The fraction of sp³-hybridized carbons (Fsp3) is 0.235. The van der Waals surface area contributed by atoms with Crippen molar-refractivity contribution in [2.75, 3.05) is 19.4 Å². The molecule has 0 atom stereocenters. The molecule has 26 heavy (non-hydrogen) atoms. The summed E-state index contributed by atoms with van der Waals surface area (Å²) in [6.45, 7) is 0.798. The molecule has 0 aliphatic rings. The van der Waals surface area contributed by atoms with Crippen LogP contribution < -0.4 is 10.1 Å². The van der Waals surface area contributed by atoms with Gasteiger partial charge < -0.3 is 15.0 Å². The summed E-state index contributed by atoms with van der Waals surface area (Å²) in [4.78, 5) is 14.2. The molecule has 0 radical (unpaired) electrons. The van der Waals surface area contributed by atoms with E-state index in [1.54, 1.807) is 18.3 Å². The maximum Gasteiger partial charge on any atom is 0.277 e. The molecule has 2 aromatic heterocycles. The molecule has 0 aliphatic heterocycles. The summed E-state index contributed by atoms with van der Waals surface area (Å²) in [7, 11) is 3.89. The summed E-state index contributed by atoms with van der Waals surface area (Å²) in [6, 6.07) is 9.02. The predicted octanol–water partition coefficient (Wildman–Crippen LogP) is 2.10. The van der Waals surface area contributed by atoms with Crippen molar-refractivity contribution in [2.24, 2.45) is 0 Å². The van der Waals surface area contributed by atoms with Crippen LogP contribution in [0.2, 0.25) is 0 Å². The van der Waals surface area contributed by atoms with E-state index >= 15 is 0 Å². The highest BCUT2D eigenvalue weighted by atomic mass is 19.1. The van der Waals surface area contributed by atoms with Crippen molar-refractivity contribution in [1.82, 2.24) is 24.9 Å². The van der Waals surface area contributed by atoms with Crippen molar-refractivity contribution in [3.63, 3.8) is 0 Å². The van der Waals surface area contributed by atoms with Crippen LogP contribution in [0.1, 0.15) is 16.2 Å². The number of nitrogens with zero attached hydrogens (tertiary/aromatic N) is 4. The quantitative estimate of drug-likeness (QED) is 0.675. The van der Waals surface area contributed by atoms with Crippen LogP contribution in [0.15, 0.2) is 42.6 Å². The van der Waals surface area contributed by atoms with Gasteiger partial charge in [-0.25, -0.2) is 9.07 Å². The molecule has 0 spiro atoms. The second kappa shape index (κ2) is 7.79. The first kappa shape index (κ1) is 17.6. The smallest absolute Gasteiger partial charge is 0.277 e. The van der Waals surface area contributed by atoms with Crippen molar-refractivity contribution in [2.45, 2.75) is 13.3 Å². The van der Waals surface area contributed by atoms with E-state index in [2.05, 4.69) is 20.6 Å². The molecule has 0 bridgehead atoms. The summed E-state index contributed by atoms with van der Waals surface area (Å²) in [5.41, 5.74) is 1.13. The lowest BCUT2D eigenvalue weighted by Crippen LogP contribution is -2.14. The minimum Gasteiger partial charge on any atom is -0.471 e. The highest BCUT2D eigenvalue weighted by molar-refractivity contribution is 6.02. The Morgan fingerprint density at radius 2 is 2.08 bits per heavy atom. The number of hydrogen-bond acceptors (Lipinski definition) is 5. The highest BCUT2D eigenvalue weighted by Gasteiger charge is 2.12. The molecule has 0 saturated carbocycles. The molecule has 3 aromatic rings. The molecular weight excluding hydrogens is 339 g/mol. The van der Waals surface area contributed by atoms with Crippen molar-refractivity contribution in [3.05, 3.63) is 59.8 Å². The average molecular weight is 358 g/mol. The maximum absolute atomic E-state index is 12.9. The van der Waals surface area contributed by atoms with E-state index in [4.69, 9.17) is 4.74 Å². The van der Waals surface area contributed by atoms with E-state index < -0.39 is 0 Å². The number of carbonyl (C=O) groups is 1. The second-order valence-corrected chi connectivity index (χ2v) is 5.94. The third kappa shape index (κ3) is 4.67. The molecule has 2 heterocycles. The molecule has 0 unspecified atom stereocenters. The first-order chi connectivity index (χ1) is 12.5. The monoisotopic (exact) mass is 358 g/mol. The molecule has 1 aromatic carbocycles. The van der Waals surface area contributed by atoms with Gasteiger partial charge in [-0.05, 0) is 44.4 Å². The molecule has 0 fully saturated rings. The van der Waals surface area contributed by atoms with Crippen LogP contribution in [0.5, 0.6) is 5.75 Å². The van der Waals surface area contributed by atoms with Gasteiger partial charge in [0.25, 0.3) is 5.91 Å². The van der Waals surface area contributed by atoms with Crippen LogP contribution in [0, 0.1) is 5.82 Å². The number of H-pyrrole nitrogens is 1. The lowest BCUT2D eigenvalue weighted by atomic mass is 10.3. The van der Waals surface area contributed by atoms with E-state index in [1.165, 1.54) is 28.9 Å². The Bertz CT molecular complexity index is 872. The number of aromatic amines is 1. The van der Waals surface area contributed by atoms with Crippen LogP contribution in [0.4, 0.5) is 10.2 Å². The Balaban J connectivity index is 1.55. The zero-order chi connectivity index (χ0) is 18.5. The number of benzene rings is 1. The Kier molecular flexibility index (Phi) is 5.28. The molecule has 9 heteroatoms. The highest BCUT2D eigenvalue weighted by Crippen LogP contribution is 2.12. The second-order valence-electron chi connectivity index (χ2n) is 5.94. The molecule has 1 amide bonds. The third-order valence-corrected chi connectivity index (χ3v) is 3.41. The summed E-state index contributed by atoms with van der Waals surface area (Å²) in [6.07, 6.45) is 1.63. The van der Waals surface area contributed by atoms with E-state index in [9.17, 15) is 9.18 Å². The van der Waals surface area contributed by atoms with Crippen molar-refractivity contribution >= 4 is 11.7 Å². The number of carbonyl (C=O) groups excluding carboxylic acids is 1. The molecule has 0 aliphatic carbocycles. The van der Waals surface area contributed by atoms with E-state index in [-0.39, 0.29) is 24.1 Å². The molecule has 3 rings (SSSR count). The average Bonchev–Trinajstić information content (AvgIpc) is 3.23. The van der Waals surface area contributed by atoms with Gasteiger partial charge in [0.05, 0.1) is 5.69 Å². The first-order valence-corrected chi connectivity index (χ1v) is 7.92. The Morgan fingerprint density at radius 3 is 2.81 bits per heavy atom. The van der Waals surface area contributed by atoms with Gasteiger partial charge >= 0.3 is 0 Å². The summed E-state index contributed by atoms with van der Waals surface area (Å²) < 4.78 is 19.8. The minimum absolute atomic E-state index is 0.105. The van der Waals surface area contributed by atoms with Gasteiger partial charge in [-0.1, -0.05) is 0 Å². The number of aromatic nitrogens is 4. The van der Waals surface area contributed by atoms with Gasteiger partial charge in [-0.2, -0.15) is 10.2 Å².